The number of rotatable bonds is 6. The van der Waals surface area contributed by atoms with Gasteiger partial charge in [-0.25, -0.2) is 4.79 Å². The van der Waals surface area contributed by atoms with Gasteiger partial charge in [0.1, 0.15) is 11.4 Å². The number of Topliss-reactive ketones (excluding diaryl/α,β-unsaturated/α-hetero) is 2. The Labute approximate surface area is 158 Å². The van der Waals surface area contributed by atoms with Crippen LogP contribution in [-0.4, -0.2) is 33.7 Å². The van der Waals surface area contributed by atoms with E-state index in [4.69, 9.17) is 4.74 Å². The van der Waals surface area contributed by atoms with Crippen molar-refractivity contribution >= 4 is 17.5 Å². The first-order chi connectivity index (χ1) is 12.8. The van der Waals surface area contributed by atoms with E-state index in [0.29, 0.717) is 23.5 Å². The number of hydrogen-bond donors (Lipinski definition) is 0. The highest BCUT2D eigenvalue weighted by Gasteiger charge is 2.47. The van der Waals surface area contributed by atoms with Gasteiger partial charge >= 0.3 is 5.97 Å². The summed E-state index contributed by atoms with van der Waals surface area (Å²) in [5.74, 6) is -0.698. The molecule has 0 saturated carbocycles. The van der Waals surface area contributed by atoms with Crippen molar-refractivity contribution in [3.63, 3.8) is 0 Å². The van der Waals surface area contributed by atoms with Crippen LogP contribution in [0.25, 0.3) is 0 Å². The van der Waals surface area contributed by atoms with Gasteiger partial charge in [0.2, 0.25) is 0 Å². The molecule has 0 saturated heterocycles. The minimum Gasteiger partial charge on any atom is -0.461 e. The van der Waals surface area contributed by atoms with E-state index in [2.05, 4.69) is 4.98 Å². The fourth-order valence-electron chi connectivity index (χ4n) is 3.93. The average Bonchev–Trinajstić information content (AvgIpc) is 3.05. The summed E-state index contributed by atoms with van der Waals surface area (Å²) < 4.78 is 6.95. The first kappa shape index (κ1) is 19.0. The second-order valence-corrected chi connectivity index (χ2v) is 7.17. The summed E-state index contributed by atoms with van der Waals surface area (Å²) in [7, 11) is 0. The second kappa shape index (κ2) is 7.10. The fraction of sp³-hybridized carbons (Fsp3) is 0.429. The van der Waals surface area contributed by atoms with E-state index in [1.807, 2.05) is 13.8 Å². The lowest BCUT2D eigenvalue weighted by atomic mass is 9.80. The van der Waals surface area contributed by atoms with Crippen LogP contribution in [0.5, 0.6) is 0 Å². The molecule has 0 aromatic carbocycles. The van der Waals surface area contributed by atoms with E-state index in [1.54, 1.807) is 42.8 Å². The van der Waals surface area contributed by atoms with E-state index in [1.165, 1.54) is 0 Å². The van der Waals surface area contributed by atoms with Crippen LogP contribution in [0.2, 0.25) is 0 Å². The number of fused-ring (bicyclic) bond motifs is 1. The highest BCUT2D eigenvalue weighted by atomic mass is 16.5. The third kappa shape index (κ3) is 3.09. The average molecular weight is 368 g/mol. The molecule has 0 radical (unpaired) electrons. The van der Waals surface area contributed by atoms with Crippen LogP contribution in [0.1, 0.15) is 69.8 Å². The van der Waals surface area contributed by atoms with E-state index < -0.39 is 11.4 Å². The number of carbonyl (C=O) groups excluding carboxylic acids is 3. The number of nitrogens with zero attached hydrogens (tertiary/aromatic N) is 2. The predicted molar refractivity (Wildman–Crippen MR) is 100 cm³/mol. The fourth-order valence-corrected chi connectivity index (χ4v) is 3.93. The number of esters is 1. The van der Waals surface area contributed by atoms with Crippen molar-refractivity contribution in [1.29, 1.82) is 0 Å². The lowest BCUT2D eigenvalue weighted by Crippen LogP contribution is -2.29. The SMILES string of the molecule is CCOC(=O)c1c(C)c(CC)c2n1CC(C)(CC(=O)c1ccccn1)C2=O. The number of ketones is 2. The molecule has 0 aliphatic carbocycles. The van der Waals surface area contributed by atoms with Crippen LogP contribution < -0.4 is 0 Å². The Kier molecular flexibility index (Phi) is 5.00. The first-order valence-electron chi connectivity index (χ1n) is 9.22. The van der Waals surface area contributed by atoms with Crippen LogP contribution in [0.4, 0.5) is 0 Å². The van der Waals surface area contributed by atoms with E-state index >= 15 is 0 Å². The topological polar surface area (TPSA) is 78.3 Å². The Hall–Kier alpha value is -2.76. The molecular formula is C21H24N2O4. The Morgan fingerprint density at radius 3 is 2.63 bits per heavy atom. The van der Waals surface area contributed by atoms with Gasteiger partial charge in [0.05, 0.1) is 17.7 Å². The molecule has 3 rings (SSSR count). The lowest BCUT2D eigenvalue weighted by Gasteiger charge is -2.21. The maximum absolute atomic E-state index is 13.3. The molecule has 0 spiro atoms. The largest absolute Gasteiger partial charge is 0.461 e. The smallest absolute Gasteiger partial charge is 0.355 e. The number of carbonyl (C=O) groups is 3. The molecule has 27 heavy (non-hydrogen) atoms. The molecule has 0 fully saturated rings. The minimum absolute atomic E-state index is 0.0506. The number of hydrogen-bond acceptors (Lipinski definition) is 5. The molecule has 1 aliphatic rings. The Balaban J connectivity index is 1.99. The van der Waals surface area contributed by atoms with Gasteiger partial charge in [-0.2, -0.15) is 0 Å². The molecule has 2 aromatic rings. The Morgan fingerprint density at radius 2 is 2.04 bits per heavy atom. The zero-order valence-electron chi connectivity index (χ0n) is 16.2. The molecule has 1 atom stereocenters. The number of pyridine rings is 1. The maximum atomic E-state index is 13.3. The van der Waals surface area contributed by atoms with Crippen LogP contribution in [0, 0.1) is 12.3 Å². The normalized spacial score (nSPS) is 18.4. The van der Waals surface area contributed by atoms with Crippen LogP contribution in [0.15, 0.2) is 24.4 Å². The maximum Gasteiger partial charge on any atom is 0.355 e. The van der Waals surface area contributed by atoms with Gasteiger partial charge in [0, 0.05) is 19.2 Å². The zero-order chi connectivity index (χ0) is 19.8. The van der Waals surface area contributed by atoms with Crippen LogP contribution >= 0.6 is 0 Å². The van der Waals surface area contributed by atoms with Crippen molar-refractivity contribution in [3.05, 3.63) is 52.6 Å². The summed E-state index contributed by atoms with van der Waals surface area (Å²) in [4.78, 5) is 42.5. The standard InChI is InChI=1S/C21H24N2O4/c1-5-14-13(3)17(20(26)27-6-2)23-12-21(4,19(25)18(14)23)11-16(24)15-9-7-8-10-22-15/h7-10H,5-6,11-12H2,1-4H3. The number of aromatic nitrogens is 2. The van der Waals surface area contributed by atoms with Crippen molar-refractivity contribution in [2.45, 2.75) is 47.1 Å². The summed E-state index contributed by atoms with van der Waals surface area (Å²) in [5, 5.41) is 0. The highest BCUT2D eigenvalue weighted by Crippen LogP contribution is 2.41. The molecule has 1 aliphatic heterocycles. The van der Waals surface area contributed by atoms with Crippen molar-refractivity contribution in [1.82, 2.24) is 9.55 Å². The summed E-state index contributed by atoms with van der Waals surface area (Å²) in [5.41, 5.74) is 2.05. The van der Waals surface area contributed by atoms with E-state index in [0.717, 1.165) is 11.1 Å². The van der Waals surface area contributed by atoms with Gasteiger partial charge in [-0.15, -0.1) is 0 Å². The molecule has 0 bridgehead atoms. The monoisotopic (exact) mass is 368 g/mol. The highest BCUT2D eigenvalue weighted by molar-refractivity contribution is 6.08. The van der Waals surface area contributed by atoms with Crippen molar-refractivity contribution < 1.29 is 19.1 Å². The van der Waals surface area contributed by atoms with Crippen molar-refractivity contribution in [2.75, 3.05) is 6.61 Å². The Morgan fingerprint density at radius 1 is 1.30 bits per heavy atom. The van der Waals surface area contributed by atoms with Crippen molar-refractivity contribution in [2.24, 2.45) is 5.41 Å². The minimum atomic E-state index is -0.900. The second-order valence-electron chi connectivity index (χ2n) is 7.17. The summed E-state index contributed by atoms with van der Waals surface area (Å²) in [6.07, 6.45) is 2.25. The van der Waals surface area contributed by atoms with Gasteiger partial charge in [0.25, 0.3) is 0 Å². The molecule has 0 amide bonds. The molecule has 1 unspecified atom stereocenters. The summed E-state index contributed by atoms with van der Waals surface area (Å²) >= 11 is 0. The molecule has 142 valence electrons. The van der Waals surface area contributed by atoms with Gasteiger partial charge in [-0.05, 0) is 43.5 Å². The van der Waals surface area contributed by atoms with Gasteiger partial charge in [-0.3, -0.25) is 14.6 Å². The molecule has 0 N–H and O–H groups in total. The van der Waals surface area contributed by atoms with Crippen LogP contribution in [-0.2, 0) is 17.7 Å². The summed E-state index contributed by atoms with van der Waals surface area (Å²) in [6, 6.07) is 5.14. The zero-order valence-corrected chi connectivity index (χ0v) is 16.2. The first-order valence-corrected chi connectivity index (χ1v) is 9.22. The quantitative estimate of drug-likeness (QED) is 0.577. The predicted octanol–water partition coefficient (Wildman–Crippen LogP) is 3.41. The van der Waals surface area contributed by atoms with E-state index in [-0.39, 0.29) is 31.1 Å². The molecule has 6 nitrogen and oxygen atoms in total. The van der Waals surface area contributed by atoms with Gasteiger partial charge in [-0.1, -0.05) is 19.9 Å². The van der Waals surface area contributed by atoms with E-state index in [9.17, 15) is 14.4 Å². The third-order valence-electron chi connectivity index (χ3n) is 5.23. The summed E-state index contributed by atoms with van der Waals surface area (Å²) in [6.45, 7) is 7.90. The lowest BCUT2D eigenvalue weighted by molar-refractivity contribution is 0.0510. The molecule has 6 heteroatoms. The number of ether oxygens (including phenoxy) is 1. The third-order valence-corrected chi connectivity index (χ3v) is 5.23. The molecular weight excluding hydrogens is 344 g/mol. The van der Waals surface area contributed by atoms with Gasteiger partial charge in [0.15, 0.2) is 11.6 Å². The molecule has 2 aromatic heterocycles. The van der Waals surface area contributed by atoms with Crippen LogP contribution in [0.3, 0.4) is 0 Å². The Bertz CT molecular complexity index is 914. The van der Waals surface area contributed by atoms with Gasteiger partial charge < -0.3 is 9.30 Å². The molecule has 3 heterocycles. The van der Waals surface area contributed by atoms with Crippen molar-refractivity contribution in [3.8, 4) is 0 Å².